The fraction of sp³-hybridized carbons (Fsp3) is 0.333. The van der Waals surface area contributed by atoms with Gasteiger partial charge in [-0.2, -0.15) is 5.26 Å². The second-order valence-corrected chi connectivity index (χ2v) is 7.07. The highest BCUT2D eigenvalue weighted by molar-refractivity contribution is 5.92. The molecule has 1 aliphatic rings. The molecule has 1 heterocycles. The predicted molar refractivity (Wildman–Crippen MR) is 114 cm³/mol. The van der Waals surface area contributed by atoms with E-state index in [1.165, 1.54) is 5.56 Å². The molecule has 0 unspecified atom stereocenters. The Hall–Kier alpha value is -3.10. The van der Waals surface area contributed by atoms with Gasteiger partial charge in [-0.3, -0.25) is 9.69 Å². The van der Waals surface area contributed by atoms with Gasteiger partial charge in [0.05, 0.1) is 18.2 Å². The maximum atomic E-state index is 12.7. The maximum absolute atomic E-state index is 12.7. The van der Waals surface area contributed by atoms with Crippen molar-refractivity contribution in [3.05, 3.63) is 71.3 Å². The van der Waals surface area contributed by atoms with Crippen molar-refractivity contribution in [2.24, 2.45) is 0 Å². The SMILES string of the molecule is CCOc1ccccc1/C=C/C(=O)N1CCCN(Cc2ccc(C#N)cc2)CC1. The minimum absolute atomic E-state index is 0.0384. The van der Waals surface area contributed by atoms with Gasteiger partial charge in [0.15, 0.2) is 0 Å². The first kappa shape index (κ1) is 20.6. The highest BCUT2D eigenvalue weighted by Gasteiger charge is 2.17. The molecule has 1 amide bonds. The van der Waals surface area contributed by atoms with Crippen LogP contribution in [0.5, 0.6) is 5.75 Å². The number of hydrogen-bond acceptors (Lipinski definition) is 4. The number of ether oxygens (including phenoxy) is 1. The number of amides is 1. The van der Waals surface area contributed by atoms with E-state index < -0.39 is 0 Å². The standard InChI is InChI=1S/C24H27N3O2/c1-2-29-23-7-4-3-6-22(23)12-13-24(28)27-15-5-14-26(16-17-27)19-21-10-8-20(18-25)9-11-21/h3-4,6-13H,2,5,14-17,19H2,1H3/b13-12+. The van der Waals surface area contributed by atoms with Crippen LogP contribution in [-0.4, -0.2) is 48.5 Å². The molecule has 150 valence electrons. The van der Waals surface area contributed by atoms with E-state index >= 15 is 0 Å². The van der Waals surface area contributed by atoms with E-state index in [4.69, 9.17) is 10.00 Å². The molecular weight excluding hydrogens is 362 g/mol. The Bertz CT molecular complexity index is 884. The molecule has 2 aromatic rings. The smallest absolute Gasteiger partial charge is 0.246 e. The van der Waals surface area contributed by atoms with Gasteiger partial charge in [0.25, 0.3) is 0 Å². The Kier molecular flexibility index (Phi) is 7.43. The van der Waals surface area contributed by atoms with Crippen LogP contribution < -0.4 is 4.74 Å². The lowest BCUT2D eigenvalue weighted by molar-refractivity contribution is -0.125. The van der Waals surface area contributed by atoms with Gasteiger partial charge in [0.1, 0.15) is 5.75 Å². The van der Waals surface area contributed by atoms with E-state index in [1.807, 2.05) is 66.4 Å². The molecule has 0 aromatic heterocycles. The molecule has 0 radical (unpaired) electrons. The normalized spacial score (nSPS) is 15.1. The average molecular weight is 389 g/mol. The number of nitrogens with zero attached hydrogens (tertiary/aromatic N) is 3. The zero-order chi connectivity index (χ0) is 20.5. The topological polar surface area (TPSA) is 56.6 Å². The molecule has 2 aromatic carbocycles. The Morgan fingerprint density at radius 2 is 1.90 bits per heavy atom. The van der Waals surface area contributed by atoms with E-state index in [0.29, 0.717) is 18.7 Å². The summed E-state index contributed by atoms with van der Waals surface area (Å²) in [6, 6.07) is 17.6. The van der Waals surface area contributed by atoms with Crippen molar-refractivity contribution < 1.29 is 9.53 Å². The van der Waals surface area contributed by atoms with Crippen molar-refractivity contribution in [3.8, 4) is 11.8 Å². The third kappa shape index (κ3) is 5.94. The molecule has 0 N–H and O–H groups in total. The van der Waals surface area contributed by atoms with Gasteiger partial charge in [-0.05, 0) is 43.2 Å². The molecule has 5 heteroatoms. The molecule has 0 atom stereocenters. The van der Waals surface area contributed by atoms with E-state index in [2.05, 4.69) is 11.0 Å². The first-order valence-electron chi connectivity index (χ1n) is 10.1. The Balaban J connectivity index is 1.56. The highest BCUT2D eigenvalue weighted by Crippen LogP contribution is 2.19. The lowest BCUT2D eigenvalue weighted by Gasteiger charge is -2.21. The van der Waals surface area contributed by atoms with Crippen molar-refractivity contribution in [1.82, 2.24) is 9.80 Å². The first-order valence-corrected chi connectivity index (χ1v) is 10.1. The second kappa shape index (κ2) is 10.4. The van der Waals surface area contributed by atoms with Gasteiger partial charge in [0, 0.05) is 44.4 Å². The fourth-order valence-electron chi connectivity index (χ4n) is 3.46. The summed E-state index contributed by atoms with van der Waals surface area (Å²) in [4.78, 5) is 17.0. The molecule has 0 aliphatic carbocycles. The third-order valence-corrected chi connectivity index (χ3v) is 5.01. The number of carbonyl (C=O) groups excluding carboxylic acids is 1. The summed E-state index contributed by atoms with van der Waals surface area (Å²) in [5.41, 5.74) is 2.79. The largest absolute Gasteiger partial charge is 0.493 e. The number of hydrogen-bond donors (Lipinski definition) is 0. The van der Waals surface area contributed by atoms with Crippen molar-refractivity contribution >= 4 is 12.0 Å². The van der Waals surface area contributed by atoms with Crippen LogP contribution in [0.3, 0.4) is 0 Å². The number of rotatable bonds is 6. The number of carbonyl (C=O) groups is 1. The molecule has 1 aliphatic heterocycles. The first-order chi connectivity index (χ1) is 14.2. The average Bonchev–Trinajstić information content (AvgIpc) is 2.99. The number of para-hydroxylation sites is 1. The third-order valence-electron chi connectivity index (χ3n) is 5.01. The molecule has 5 nitrogen and oxygen atoms in total. The second-order valence-electron chi connectivity index (χ2n) is 7.07. The Labute approximate surface area is 172 Å². The molecule has 1 fully saturated rings. The molecule has 29 heavy (non-hydrogen) atoms. The summed E-state index contributed by atoms with van der Waals surface area (Å²) >= 11 is 0. The Morgan fingerprint density at radius 1 is 1.10 bits per heavy atom. The summed E-state index contributed by atoms with van der Waals surface area (Å²) in [5, 5.41) is 8.92. The lowest BCUT2D eigenvalue weighted by atomic mass is 10.1. The molecule has 0 saturated carbocycles. The van der Waals surface area contributed by atoms with Gasteiger partial charge >= 0.3 is 0 Å². The molecule has 0 bridgehead atoms. The summed E-state index contributed by atoms with van der Waals surface area (Å²) in [7, 11) is 0. The Morgan fingerprint density at radius 3 is 2.66 bits per heavy atom. The van der Waals surface area contributed by atoms with Gasteiger partial charge in [-0.15, -0.1) is 0 Å². The van der Waals surface area contributed by atoms with Crippen LogP contribution in [-0.2, 0) is 11.3 Å². The van der Waals surface area contributed by atoms with Crippen LogP contribution in [0.1, 0.15) is 30.0 Å². The fourth-order valence-corrected chi connectivity index (χ4v) is 3.46. The zero-order valence-corrected chi connectivity index (χ0v) is 16.9. The predicted octanol–water partition coefficient (Wildman–Crippen LogP) is 3.70. The van der Waals surface area contributed by atoms with Crippen LogP contribution in [0, 0.1) is 11.3 Å². The van der Waals surface area contributed by atoms with E-state index in [9.17, 15) is 4.79 Å². The maximum Gasteiger partial charge on any atom is 0.246 e. The van der Waals surface area contributed by atoms with Crippen LogP contribution >= 0.6 is 0 Å². The van der Waals surface area contributed by atoms with Crippen molar-refractivity contribution in [2.45, 2.75) is 19.9 Å². The van der Waals surface area contributed by atoms with Crippen LogP contribution in [0.25, 0.3) is 6.08 Å². The molecule has 0 spiro atoms. The van der Waals surface area contributed by atoms with E-state index in [0.717, 1.165) is 43.9 Å². The minimum Gasteiger partial charge on any atom is -0.493 e. The van der Waals surface area contributed by atoms with E-state index in [-0.39, 0.29) is 5.91 Å². The monoisotopic (exact) mass is 389 g/mol. The van der Waals surface area contributed by atoms with Crippen LogP contribution in [0.2, 0.25) is 0 Å². The highest BCUT2D eigenvalue weighted by atomic mass is 16.5. The summed E-state index contributed by atoms with van der Waals surface area (Å²) in [5.74, 6) is 0.833. The van der Waals surface area contributed by atoms with Gasteiger partial charge in [-0.1, -0.05) is 30.3 Å². The van der Waals surface area contributed by atoms with Crippen molar-refractivity contribution in [2.75, 3.05) is 32.8 Å². The van der Waals surface area contributed by atoms with Gasteiger partial charge in [0.2, 0.25) is 5.91 Å². The van der Waals surface area contributed by atoms with E-state index in [1.54, 1.807) is 6.08 Å². The van der Waals surface area contributed by atoms with Crippen molar-refractivity contribution in [3.63, 3.8) is 0 Å². The van der Waals surface area contributed by atoms with Crippen molar-refractivity contribution in [1.29, 1.82) is 5.26 Å². The lowest BCUT2D eigenvalue weighted by Crippen LogP contribution is -2.34. The summed E-state index contributed by atoms with van der Waals surface area (Å²) in [6.45, 7) is 6.67. The molecular formula is C24H27N3O2. The molecule has 1 saturated heterocycles. The zero-order valence-electron chi connectivity index (χ0n) is 16.9. The van der Waals surface area contributed by atoms with Gasteiger partial charge < -0.3 is 9.64 Å². The summed E-state index contributed by atoms with van der Waals surface area (Å²) < 4.78 is 5.62. The quantitative estimate of drug-likeness (QED) is 0.707. The number of nitriles is 1. The van der Waals surface area contributed by atoms with Gasteiger partial charge in [-0.25, -0.2) is 0 Å². The van der Waals surface area contributed by atoms with Crippen LogP contribution in [0.15, 0.2) is 54.6 Å². The number of benzene rings is 2. The molecule has 3 rings (SSSR count). The summed E-state index contributed by atoms with van der Waals surface area (Å²) in [6.07, 6.45) is 4.44. The van der Waals surface area contributed by atoms with Crippen LogP contribution in [0.4, 0.5) is 0 Å². The minimum atomic E-state index is 0.0384.